The van der Waals surface area contributed by atoms with Crippen LogP contribution in [0.15, 0.2) is 35.7 Å². The molecule has 0 aliphatic carbocycles. The summed E-state index contributed by atoms with van der Waals surface area (Å²) in [7, 11) is 0. The van der Waals surface area contributed by atoms with Gasteiger partial charge in [-0.25, -0.2) is 9.97 Å². The van der Waals surface area contributed by atoms with Gasteiger partial charge in [0.25, 0.3) is 5.91 Å². The van der Waals surface area contributed by atoms with Crippen LogP contribution < -0.4 is 5.32 Å². The van der Waals surface area contributed by atoms with Crippen LogP contribution in [0.2, 0.25) is 0 Å². The molecule has 6 nitrogen and oxygen atoms in total. The smallest absolute Gasteiger partial charge is 0.311 e. The van der Waals surface area contributed by atoms with Crippen LogP contribution in [0.1, 0.15) is 28.0 Å². The van der Waals surface area contributed by atoms with Gasteiger partial charge < -0.3 is 4.74 Å². The lowest BCUT2D eigenvalue weighted by molar-refractivity contribution is -0.142. The number of benzene rings is 1. The summed E-state index contributed by atoms with van der Waals surface area (Å²) in [6.45, 7) is 3.90. The molecule has 0 unspecified atom stereocenters. The Kier molecular flexibility index (Phi) is 5.75. The Bertz CT molecular complexity index is 919. The molecule has 0 aliphatic heterocycles. The minimum absolute atomic E-state index is 0.0952. The van der Waals surface area contributed by atoms with E-state index in [4.69, 9.17) is 4.74 Å². The maximum atomic E-state index is 12.5. The number of thiazole rings is 2. The third-order valence-electron chi connectivity index (χ3n) is 3.43. The summed E-state index contributed by atoms with van der Waals surface area (Å²) in [6, 6.07) is 9.73. The lowest BCUT2D eigenvalue weighted by atomic mass is 10.2. The van der Waals surface area contributed by atoms with Gasteiger partial charge in [0.1, 0.15) is 9.88 Å². The minimum atomic E-state index is -0.332. The van der Waals surface area contributed by atoms with Gasteiger partial charge in [0.05, 0.1) is 24.4 Å². The number of esters is 1. The van der Waals surface area contributed by atoms with Crippen molar-refractivity contribution >= 4 is 39.7 Å². The van der Waals surface area contributed by atoms with Crippen molar-refractivity contribution in [3.05, 3.63) is 52.0 Å². The van der Waals surface area contributed by atoms with Gasteiger partial charge >= 0.3 is 5.97 Å². The molecule has 3 rings (SSSR count). The van der Waals surface area contributed by atoms with Gasteiger partial charge in [-0.3, -0.25) is 14.9 Å². The van der Waals surface area contributed by atoms with Crippen molar-refractivity contribution in [2.45, 2.75) is 20.3 Å². The zero-order valence-electron chi connectivity index (χ0n) is 14.3. The zero-order valence-corrected chi connectivity index (χ0v) is 15.9. The topological polar surface area (TPSA) is 81.2 Å². The third-order valence-corrected chi connectivity index (χ3v) is 5.44. The molecule has 0 bridgehead atoms. The van der Waals surface area contributed by atoms with Gasteiger partial charge in [0.2, 0.25) is 0 Å². The quantitative estimate of drug-likeness (QED) is 0.648. The van der Waals surface area contributed by atoms with E-state index in [2.05, 4.69) is 15.3 Å². The summed E-state index contributed by atoms with van der Waals surface area (Å²) < 4.78 is 4.90. The van der Waals surface area contributed by atoms with Gasteiger partial charge in [0.15, 0.2) is 5.13 Å². The fraction of sp³-hybridized carbons (Fsp3) is 0.222. The first kappa shape index (κ1) is 18.2. The highest BCUT2D eigenvalue weighted by Crippen LogP contribution is 2.28. The number of hydrogen-bond donors (Lipinski definition) is 1. The van der Waals surface area contributed by atoms with E-state index < -0.39 is 0 Å². The molecule has 26 heavy (non-hydrogen) atoms. The van der Waals surface area contributed by atoms with Crippen LogP contribution in [0, 0.1) is 6.92 Å². The summed E-state index contributed by atoms with van der Waals surface area (Å²) in [5.74, 6) is -0.583. The Balaban J connectivity index is 1.70. The second kappa shape index (κ2) is 8.20. The number of amides is 1. The van der Waals surface area contributed by atoms with Crippen LogP contribution >= 0.6 is 22.7 Å². The molecule has 0 saturated heterocycles. The van der Waals surface area contributed by atoms with E-state index in [-0.39, 0.29) is 18.3 Å². The van der Waals surface area contributed by atoms with Crippen molar-refractivity contribution < 1.29 is 14.3 Å². The third kappa shape index (κ3) is 4.33. The molecule has 134 valence electrons. The number of anilines is 1. The summed E-state index contributed by atoms with van der Waals surface area (Å²) in [5, 5.41) is 5.76. The molecule has 1 aromatic carbocycles. The number of nitrogens with one attached hydrogen (secondary N) is 1. The van der Waals surface area contributed by atoms with E-state index in [0.29, 0.717) is 28.0 Å². The number of aromatic nitrogens is 2. The van der Waals surface area contributed by atoms with E-state index in [1.807, 2.05) is 37.3 Å². The molecule has 8 heteroatoms. The predicted molar refractivity (Wildman–Crippen MR) is 103 cm³/mol. The van der Waals surface area contributed by atoms with E-state index in [0.717, 1.165) is 10.6 Å². The second-order valence-electron chi connectivity index (χ2n) is 5.38. The number of nitrogens with zero attached hydrogens (tertiary/aromatic N) is 2. The molecule has 2 aromatic heterocycles. The standard InChI is InChI=1S/C18H17N3O3S2/c1-3-24-14(22)9-13-10-25-18(20-13)21-16(23)15-11(2)19-17(26-15)12-7-5-4-6-8-12/h4-8,10H,3,9H2,1-2H3,(H,20,21,23). The van der Waals surface area contributed by atoms with Crippen molar-refractivity contribution in [1.82, 2.24) is 9.97 Å². The summed E-state index contributed by atoms with van der Waals surface area (Å²) in [4.78, 5) is 33.3. The van der Waals surface area contributed by atoms with Crippen LogP contribution in [0.5, 0.6) is 0 Å². The van der Waals surface area contributed by atoms with Gasteiger partial charge in [-0.15, -0.1) is 22.7 Å². The normalized spacial score (nSPS) is 10.5. The number of hydrogen-bond acceptors (Lipinski definition) is 7. The van der Waals surface area contributed by atoms with E-state index in [1.165, 1.54) is 22.7 Å². The zero-order chi connectivity index (χ0) is 18.5. The summed E-state index contributed by atoms with van der Waals surface area (Å²) >= 11 is 2.62. The minimum Gasteiger partial charge on any atom is -0.466 e. The van der Waals surface area contributed by atoms with Gasteiger partial charge in [-0.1, -0.05) is 30.3 Å². The first-order valence-corrected chi connectivity index (χ1v) is 9.70. The van der Waals surface area contributed by atoms with E-state index in [1.54, 1.807) is 12.3 Å². The molecule has 0 atom stereocenters. The Hall–Kier alpha value is -2.58. The van der Waals surface area contributed by atoms with Crippen molar-refractivity contribution in [3.8, 4) is 10.6 Å². The number of rotatable bonds is 6. The number of carbonyl (C=O) groups is 2. The Morgan fingerprint density at radius 1 is 1.19 bits per heavy atom. The first-order chi connectivity index (χ1) is 12.6. The Morgan fingerprint density at radius 3 is 2.69 bits per heavy atom. The molecule has 1 amide bonds. The maximum Gasteiger partial charge on any atom is 0.311 e. The first-order valence-electron chi connectivity index (χ1n) is 8.01. The Morgan fingerprint density at radius 2 is 1.96 bits per heavy atom. The molecule has 0 aliphatic rings. The molecular weight excluding hydrogens is 370 g/mol. The Labute approximate surface area is 158 Å². The van der Waals surface area contributed by atoms with Crippen LogP contribution in [0.25, 0.3) is 10.6 Å². The van der Waals surface area contributed by atoms with Crippen molar-refractivity contribution in [1.29, 1.82) is 0 Å². The average molecular weight is 387 g/mol. The van der Waals surface area contributed by atoms with Crippen molar-refractivity contribution in [2.24, 2.45) is 0 Å². The van der Waals surface area contributed by atoms with Crippen molar-refractivity contribution in [3.63, 3.8) is 0 Å². The fourth-order valence-electron chi connectivity index (χ4n) is 2.27. The van der Waals surface area contributed by atoms with E-state index in [9.17, 15) is 9.59 Å². The van der Waals surface area contributed by atoms with Crippen LogP contribution in [-0.2, 0) is 16.0 Å². The van der Waals surface area contributed by atoms with Crippen LogP contribution in [-0.4, -0.2) is 28.5 Å². The molecule has 1 N–H and O–H groups in total. The molecule has 2 heterocycles. The molecular formula is C18H17N3O3S2. The van der Waals surface area contributed by atoms with Gasteiger partial charge in [-0.2, -0.15) is 0 Å². The number of aryl methyl sites for hydroxylation is 1. The maximum absolute atomic E-state index is 12.5. The highest BCUT2D eigenvalue weighted by Gasteiger charge is 2.18. The monoisotopic (exact) mass is 387 g/mol. The molecule has 0 saturated carbocycles. The fourth-order valence-corrected chi connectivity index (χ4v) is 3.94. The second-order valence-corrected chi connectivity index (χ2v) is 7.24. The lowest BCUT2D eigenvalue weighted by Crippen LogP contribution is -2.12. The largest absolute Gasteiger partial charge is 0.466 e. The average Bonchev–Trinajstić information content (AvgIpc) is 3.22. The van der Waals surface area contributed by atoms with Gasteiger partial charge in [0, 0.05) is 10.9 Å². The summed E-state index contributed by atoms with van der Waals surface area (Å²) in [6.07, 6.45) is 0.0952. The van der Waals surface area contributed by atoms with Crippen LogP contribution in [0.4, 0.5) is 5.13 Å². The summed E-state index contributed by atoms with van der Waals surface area (Å²) in [5.41, 5.74) is 2.23. The highest BCUT2D eigenvalue weighted by atomic mass is 32.1. The number of carbonyl (C=O) groups excluding carboxylic acids is 2. The van der Waals surface area contributed by atoms with Crippen molar-refractivity contribution in [2.75, 3.05) is 11.9 Å². The van der Waals surface area contributed by atoms with Crippen LogP contribution in [0.3, 0.4) is 0 Å². The SMILES string of the molecule is CCOC(=O)Cc1csc(NC(=O)c2sc(-c3ccccc3)nc2C)n1. The molecule has 0 radical (unpaired) electrons. The highest BCUT2D eigenvalue weighted by molar-refractivity contribution is 7.17. The molecule has 0 spiro atoms. The molecule has 0 fully saturated rings. The van der Waals surface area contributed by atoms with Gasteiger partial charge in [-0.05, 0) is 13.8 Å². The van der Waals surface area contributed by atoms with E-state index >= 15 is 0 Å². The number of ether oxygens (including phenoxy) is 1. The predicted octanol–water partition coefficient (Wildman–Crippen LogP) is 3.93. The molecule has 3 aromatic rings. The lowest BCUT2D eigenvalue weighted by Gasteiger charge is -2.00.